The second-order valence-electron chi connectivity index (χ2n) is 10.2. The van der Waals surface area contributed by atoms with E-state index in [1.807, 2.05) is 42.5 Å². The van der Waals surface area contributed by atoms with E-state index >= 15 is 0 Å². The largest absolute Gasteiger partial charge is 0.495 e. The molecule has 1 aromatic heterocycles. The molecule has 9 heteroatoms. The molecule has 2 aliphatic rings. The van der Waals surface area contributed by atoms with Crippen LogP contribution in [0.2, 0.25) is 0 Å². The number of methoxy groups -OCH3 is 1. The first-order chi connectivity index (χ1) is 17.5. The quantitative estimate of drug-likeness (QED) is 0.360. The predicted molar refractivity (Wildman–Crippen MR) is 139 cm³/mol. The first-order valence-electron chi connectivity index (χ1n) is 12.0. The highest BCUT2D eigenvalue weighted by Crippen LogP contribution is 2.69. The average Bonchev–Trinajstić information content (AvgIpc) is 3.26. The van der Waals surface area contributed by atoms with Gasteiger partial charge in [-0.25, -0.2) is 0 Å². The zero-order valence-corrected chi connectivity index (χ0v) is 22.3. The molecule has 4 N–H and O–H groups in total. The first-order valence-corrected chi connectivity index (χ1v) is 12.8. The van der Waals surface area contributed by atoms with Crippen molar-refractivity contribution in [3.63, 3.8) is 0 Å². The van der Waals surface area contributed by atoms with Crippen LogP contribution in [0.25, 0.3) is 0 Å². The van der Waals surface area contributed by atoms with E-state index in [4.69, 9.17) is 9.47 Å². The molecule has 1 amide bonds. The zero-order chi connectivity index (χ0) is 26.6. The number of aromatic nitrogens is 1. The molecule has 1 fully saturated rings. The van der Waals surface area contributed by atoms with E-state index in [1.54, 1.807) is 26.0 Å². The highest BCUT2D eigenvalue weighted by atomic mass is 79.9. The molecule has 0 spiro atoms. The van der Waals surface area contributed by atoms with Crippen molar-refractivity contribution in [2.75, 3.05) is 13.7 Å². The maximum Gasteiger partial charge on any atom is 0.226 e. The Hall–Kier alpha value is -2.98. The molecule has 194 valence electrons. The molecule has 0 bridgehead atoms. The predicted octanol–water partition coefficient (Wildman–Crippen LogP) is 2.99. The molecule has 5 rings (SSSR count). The van der Waals surface area contributed by atoms with Gasteiger partial charge in [-0.3, -0.25) is 9.78 Å². The summed E-state index contributed by atoms with van der Waals surface area (Å²) >= 11 is 3.46. The second kappa shape index (κ2) is 9.09. The highest BCUT2D eigenvalue weighted by molar-refractivity contribution is 9.10. The number of aliphatic hydroxyl groups excluding tert-OH is 1. The summed E-state index contributed by atoms with van der Waals surface area (Å²) in [5.41, 5.74) is -3.36. The van der Waals surface area contributed by atoms with Crippen LogP contribution in [0.5, 0.6) is 11.5 Å². The monoisotopic (exact) mass is 568 g/mol. The number of amides is 1. The van der Waals surface area contributed by atoms with Crippen LogP contribution < -0.4 is 14.8 Å². The fourth-order valence-electron chi connectivity index (χ4n) is 5.81. The number of carbonyl (C=O) groups is 1. The summed E-state index contributed by atoms with van der Waals surface area (Å²) in [6.45, 7) is 3.12. The number of nitrogens with zero attached hydrogens (tertiary/aromatic N) is 1. The summed E-state index contributed by atoms with van der Waals surface area (Å²) in [5, 5.41) is 37.7. The summed E-state index contributed by atoms with van der Waals surface area (Å²) < 4.78 is 13.0. The molecule has 37 heavy (non-hydrogen) atoms. The van der Waals surface area contributed by atoms with Gasteiger partial charge in [0, 0.05) is 16.9 Å². The van der Waals surface area contributed by atoms with Gasteiger partial charge in [0.15, 0.2) is 11.2 Å². The van der Waals surface area contributed by atoms with Crippen LogP contribution in [0.4, 0.5) is 0 Å². The van der Waals surface area contributed by atoms with E-state index in [9.17, 15) is 20.1 Å². The summed E-state index contributed by atoms with van der Waals surface area (Å²) in [6.07, 6.45) is 1.33. The number of ether oxygens (including phenoxy) is 2. The Bertz CT molecular complexity index is 1310. The van der Waals surface area contributed by atoms with Crippen LogP contribution in [0.3, 0.4) is 0 Å². The molecule has 1 saturated carbocycles. The minimum atomic E-state index is -2.08. The number of carbonyl (C=O) groups excluding carboxylic acids is 1. The zero-order valence-electron chi connectivity index (χ0n) is 20.7. The van der Waals surface area contributed by atoms with Crippen LogP contribution in [-0.4, -0.2) is 51.6 Å². The first kappa shape index (κ1) is 25.7. The van der Waals surface area contributed by atoms with Crippen molar-refractivity contribution in [2.24, 2.45) is 5.92 Å². The lowest BCUT2D eigenvalue weighted by atomic mass is 9.70. The minimum Gasteiger partial charge on any atom is -0.495 e. The van der Waals surface area contributed by atoms with E-state index in [-0.39, 0.29) is 23.6 Å². The van der Waals surface area contributed by atoms with Crippen molar-refractivity contribution >= 4 is 21.8 Å². The van der Waals surface area contributed by atoms with Gasteiger partial charge in [-0.2, -0.15) is 0 Å². The topological polar surface area (TPSA) is 121 Å². The molecular formula is C28H29BrN2O6. The lowest BCUT2D eigenvalue weighted by Crippen LogP contribution is -2.52. The third kappa shape index (κ3) is 3.84. The third-order valence-corrected chi connectivity index (χ3v) is 7.84. The molecule has 2 heterocycles. The summed E-state index contributed by atoms with van der Waals surface area (Å²) in [4.78, 5) is 18.0. The lowest BCUT2D eigenvalue weighted by molar-refractivity contribution is -0.154. The number of nitrogens with one attached hydrogen (secondary N) is 1. The summed E-state index contributed by atoms with van der Waals surface area (Å²) in [5.74, 6) is -1.97. The fraction of sp³-hybridized carbons (Fsp3) is 0.357. The Morgan fingerprint density at radius 1 is 1.16 bits per heavy atom. The Morgan fingerprint density at radius 2 is 1.84 bits per heavy atom. The number of pyridine rings is 1. The SMILES string of the molecule is COc1cncc2c1C1(O)C(O)C(C(=O)NCC(C)(C)O)C(c3ccccc3)C1(c1ccc(Br)cc1)O2. The van der Waals surface area contributed by atoms with Gasteiger partial charge < -0.3 is 30.1 Å². The number of rotatable bonds is 6. The standard InChI is InChI=1S/C28H29BrN2O6/c1-26(2,34)15-31-25(33)21-22(16-7-5-4-6-8-16)28(17-9-11-18(29)12-10-17)27(35,24(21)32)23-19(36-3)13-30-14-20(23)37-28/h4-14,21-22,24,32,34-35H,15H2,1-3H3,(H,31,33). The van der Waals surface area contributed by atoms with Crippen molar-refractivity contribution in [1.29, 1.82) is 0 Å². The number of halogens is 1. The van der Waals surface area contributed by atoms with Crippen LogP contribution in [0, 0.1) is 5.92 Å². The maximum atomic E-state index is 13.8. The smallest absolute Gasteiger partial charge is 0.226 e. The van der Waals surface area contributed by atoms with Gasteiger partial charge in [-0.1, -0.05) is 58.4 Å². The number of fused-ring (bicyclic) bond motifs is 3. The normalized spacial score (nSPS) is 28.2. The Kier molecular flexibility index (Phi) is 6.31. The fourth-order valence-corrected chi connectivity index (χ4v) is 6.07. The van der Waals surface area contributed by atoms with E-state index in [0.29, 0.717) is 11.1 Å². The molecule has 0 saturated heterocycles. The number of aliphatic hydroxyl groups is 3. The molecule has 0 radical (unpaired) electrons. The van der Waals surface area contributed by atoms with Gasteiger partial charge in [0.2, 0.25) is 5.91 Å². The van der Waals surface area contributed by atoms with E-state index < -0.39 is 40.7 Å². The molecule has 5 unspecified atom stereocenters. The summed E-state index contributed by atoms with van der Waals surface area (Å²) in [7, 11) is 1.45. The second-order valence-corrected chi connectivity index (χ2v) is 11.1. The van der Waals surface area contributed by atoms with E-state index in [1.165, 1.54) is 19.5 Å². The maximum absolute atomic E-state index is 13.8. The van der Waals surface area contributed by atoms with Gasteiger partial charge in [-0.05, 0) is 37.1 Å². The van der Waals surface area contributed by atoms with Crippen LogP contribution >= 0.6 is 15.9 Å². The van der Waals surface area contributed by atoms with Gasteiger partial charge >= 0.3 is 0 Å². The van der Waals surface area contributed by atoms with Gasteiger partial charge in [0.1, 0.15) is 17.6 Å². The number of benzene rings is 2. The molecule has 3 aromatic rings. The number of hydrogen-bond donors (Lipinski definition) is 4. The van der Waals surface area contributed by atoms with Crippen LogP contribution in [0.15, 0.2) is 71.5 Å². The molecule has 2 aromatic carbocycles. The Labute approximate surface area is 223 Å². The van der Waals surface area contributed by atoms with Crippen molar-refractivity contribution in [2.45, 2.75) is 42.7 Å². The van der Waals surface area contributed by atoms with Crippen molar-refractivity contribution < 1.29 is 29.6 Å². The summed E-state index contributed by atoms with van der Waals surface area (Å²) in [6, 6.07) is 16.5. The molecule has 1 aliphatic heterocycles. The molecular weight excluding hydrogens is 540 g/mol. The molecule has 1 aliphatic carbocycles. The lowest BCUT2D eigenvalue weighted by Gasteiger charge is -2.40. The van der Waals surface area contributed by atoms with Gasteiger partial charge in [0.05, 0.1) is 36.6 Å². The van der Waals surface area contributed by atoms with Crippen LogP contribution in [-0.2, 0) is 16.0 Å². The Balaban J connectivity index is 1.80. The average molecular weight is 569 g/mol. The number of hydrogen-bond acceptors (Lipinski definition) is 7. The molecule has 5 atom stereocenters. The van der Waals surface area contributed by atoms with Gasteiger partial charge in [0.25, 0.3) is 0 Å². The van der Waals surface area contributed by atoms with Crippen molar-refractivity contribution in [3.05, 3.63) is 88.2 Å². The van der Waals surface area contributed by atoms with E-state index in [2.05, 4.69) is 26.2 Å². The van der Waals surface area contributed by atoms with Gasteiger partial charge in [-0.15, -0.1) is 0 Å². The highest BCUT2D eigenvalue weighted by Gasteiger charge is 2.78. The van der Waals surface area contributed by atoms with E-state index in [0.717, 1.165) is 4.47 Å². The molecule has 8 nitrogen and oxygen atoms in total. The van der Waals surface area contributed by atoms with Crippen molar-refractivity contribution in [1.82, 2.24) is 10.3 Å². The van der Waals surface area contributed by atoms with Crippen LogP contribution in [0.1, 0.15) is 36.5 Å². The minimum absolute atomic E-state index is 0.0367. The Morgan fingerprint density at radius 3 is 2.46 bits per heavy atom. The van der Waals surface area contributed by atoms with Crippen molar-refractivity contribution in [3.8, 4) is 11.5 Å². The third-order valence-electron chi connectivity index (χ3n) is 7.31.